The van der Waals surface area contributed by atoms with Crippen molar-refractivity contribution in [2.45, 2.75) is 26.8 Å². The first kappa shape index (κ1) is 13.5. The standard InChI is InChI=1S/C14H16N4S2/c1-4-11-5-12-13(15-8-16-14(12)20-11)18(3)6-10-7-19-9(2)17-10/h5,7-8H,4,6H2,1-3H3. The van der Waals surface area contributed by atoms with Crippen LogP contribution in [0.3, 0.4) is 0 Å². The van der Waals surface area contributed by atoms with Gasteiger partial charge in [0.2, 0.25) is 0 Å². The molecule has 0 bridgehead atoms. The summed E-state index contributed by atoms with van der Waals surface area (Å²) in [5, 5.41) is 4.35. The van der Waals surface area contributed by atoms with Gasteiger partial charge >= 0.3 is 0 Å². The topological polar surface area (TPSA) is 41.9 Å². The lowest BCUT2D eigenvalue weighted by Crippen LogP contribution is -2.18. The van der Waals surface area contributed by atoms with Gasteiger partial charge in [-0.1, -0.05) is 6.92 Å². The zero-order valence-corrected chi connectivity index (χ0v) is 13.4. The molecule has 20 heavy (non-hydrogen) atoms. The second kappa shape index (κ2) is 5.46. The molecule has 3 rings (SSSR count). The van der Waals surface area contributed by atoms with Crippen molar-refractivity contribution >= 4 is 38.7 Å². The lowest BCUT2D eigenvalue weighted by molar-refractivity contribution is 0.873. The second-order valence-corrected chi connectivity index (χ2v) is 6.87. The van der Waals surface area contributed by atoms with E-state index >= 15 is 0 Å². The normalized spacial score (nSPS) is 11.2. The molecular formula is C14H16N4S2. The van der Waals surface area contributed by atoms with Crippen molar-refractivity contribution in [3.63, 3.8) is 0 Å². The number of aryl methyl sites for hydroxylation is 2. The highest BCUT2D eigenvalue weighted by atomic mass is 32.1. The predicted octanol–water partition coefficient (Wildman–Crippen LogP) is 3.66. The first-order valence-corrected chi connectivity index (χ1v) is 8.22. The van der Waals surface area contributed by atoms with E-state index in [2.05, 4.69) is 45.3 Å². The van der Waals surface area contributed by atoms with Crippen molar-refractivity contribution in [2.75, 3.05) is 11.9 Å². The van der Waals surface area contributed by atoms with Gasteiger partial charge < -0.3 is 4.90 Å². The molecule has 0 aromatic carbocycles. The van der Waals surface area contributed by atoms with Gasteiger partial charge in [-0.3, -0.25) is 0 Å². The third kappa shape index (κ3) is 2.53. The fraction of sp³-hybridized carbons (Fsp3) is 0.357. The Morgan fingerprint density at radius 2 is 2.15 bits per heavy atom. The Morgan fingerprint density at radius 3 is 2.85 bits per heavy atom. The molecule has 0 amide bonds. The first-order valence-electron chi connectivity index (χ1n) is 6.53. The zero-order valence-electron chi connectivity index (χ0n) is 11.8. The van der Waals surface area contributed by atoms with Gasteiger partial charge in [-0.25, -0.2) is 15.0 Å². The van der Waals surface area contributed by atoms with E-state index in [0.29, 0.717) is 0 Å². The highest BCUT2D eigenvalue weighted by Gasteiger charge is 2.12. The lowest BCUT2D eigenvalue weighted by Gasteiger charge is -2.17. The molecule has 0 N–H and O–H groups in total. The van der Waals surface area contributed by atoms with Crippen LogP contribution in [0.15, 0.2) is 17.8 Å². The Labute approximate surface area is 126 Å². The number of thiazole rings is 1. The van der Waals surface area contributed by atoms with Crippen molar-refractivity contribution in [2.24, 2.45) is 0 Å². The van der Waals surface area contributed by atoms with Crippen LogP contribution in [0.1, 0.15) is 22.5 Å². The van der Waals surface area contributed by atoms with Crippen LogP contribution in [0.2, 0.25) is 0 Å². The Kier molecular flexibility index (Phi) is 3.67. The van der Waals surface area contributed by atoms with Gasteiger partial charge in [0.25, 0.3) is 0 Å². The molecule has 0 radical (unpaired) electrons. The summed E-state index contributed by atoms with van der Waals surface area (Å²) in [6.45, 7) is 4.97. The summed E-state index contributed by atoms with van der Waals surface area (Å²) >= 11 is 3.43. The maximum Gasteiger partial charge on any atom is 0.140 e. The van der Waals surface area contributed by atoms with Crippen LogP contribution >= 0.6 is 22.7 Å². The molecule has 4 nitrogen and oxygen atoms in total. The van der Waals surface area contributed by atoms with Gasteiger partial charge in [-0.15, -0.1) is 22.7 Å². The minimum Gasteiger partial charge on any atom is -0.353 e. The Bertz CT molecular complexity index is 732. The minimum atomic E-state index is 0.772. The molecule has 0 spiro atoms. The van der Waals surface area contributed by atoms with Gasteiger partial charge in [0.05, 0.1) is 22.6 Å². The predicted molar refractivity (Wildman–Crippen MR) is 85.8 cm³/mol. The van der Waals surface area contributed by atoms with Crippen LogP contribution in [0.4, 0.5) is 5.82 Å². The summed E-state index contributed by atoms with van der Waals surface area (Å²) in [4.78, 5) is 17.9. The van der Waals surface area contributed by atoms with Crippen molar-refractivity contribution in [3.8, 4) is 0 Å². The molecule has 6 heteroatoms. The van der Waals surface area contributed by atoms with Crippen LogP contribution in [0.25, 0.3) is 10.2 Å². The highest BCUT2D eigenvalue weighted by Crippen LogP contribution is 2.30. The Hall–Kier alpha value is -1.53. The number of hydrogen-bond acceptors (Lipinski definition) is 6. The molecule has 0 saturated carbocycles. The van der Waals surface area contributed by atoms with Gasteiger partial charge in [-0.2, -0.15) is 0 Å². The quantitative estimate of drug-likeness (QED) is 0.738. The van der Waals surface area contributed by atoms with Gasteiger partial charge in [0, 0.05) is 17.3 Å². The van der Waals surface area contributed by atoms with E-state index in [1.165, 1.54) is 4.88 Å². The SMILES string of the molecule is CCc1cc2c(N(C)Cc3csc(C)n3)ncnc2s1. The highest BCUT2D eigenvalue weighted by molar-refractivity contribution is 7.18. The number of aromatic nitrogens is 3. The fourth-order valence-electron chi connectivity index (χ4n) is 2.17. The minimum absolute atomic E-state index is 0.772. The first-order chi connectivity index (χ1) is 9.67. The number of thiophene rings is 1. The van der Waals surface area contributed by atoms with E-state index in [9.17, 15) is 0 Å². The number of rotatable bonds is 4. The van der Waals surface area contributed by atoms with Crippen LogP contribution in [-0.4, -0.2) is 22.0 Å². The second-order valence-electron chi connectivity index (χ2n) is 4.70. The molecule has 0 aliphatic carbocycles. The molecule has 3 aromatic heterocycles. The molecule has 0 atom stereocenters. The van der Waals surface area contributed by atoms with E-state index < -0.39 is 0 Å². The van der Waals surface area contributed by atoms with Gasteiger partial charge in [-0.05, 0) is 19.4 Å². The average Bonchev–Trinajstić information content (AvgIpc) is 3.03. The third-order valence-corrected chi connectivity index (χ3v) is 5.14. The lowest BCUT2D eigenvalue weighted by atomic mass is 10.3. The monoisotopic (exact) mass is 304 g/mol. The van der Waals surface area contributed by atoms with Crippen LogP contribution in [0, 0.1) is 6.92 Å². The summed E-state index contributed by atoms with van der Waals surface area (Å²) in [5.41, 5.74) is 1.09. The van der Waals surface area contributed by atoms with Gasteiger partial charge in [0.1, 0.15) is 17.0 Å². The van der Waals surface area contributed by atoms with Crippen molar-refractivity contribution in [1.82, 2.24) is 15.0 Å². The largest absolute Gasteiger partial charge is 0.353 e. The number of anilines is 1. The third-order valence-electron chi connectivity index (χ3n) is 3.14. The van der Waals surface area contributed by atoms with Gasteiger partial charge in [0.15, 0.2) is 0 Å². The molecular weight excluding hydrogens is 288 g/mol. The van der Waals surface area contributed by atoms with E-state index in [1.54, 1.807) is 29.0 Å². The Morgan fingerprint density at radius 1 is 1.30 bits per heavy atom. The van der Waals surface area contributed by atoms with Crippen molar-refractivity contribution in [1.29, 1.82) is 0 Å². The molecule has 0 unspecified atom stereocenters. The molecule has 0 saturated heterocycles. The molecule has 3 heterocycles. The molecule has 0 aliphatic heterocycles. The molecule has 104 valence electrons. The van der Waals surface area contributed by atoms with Crippen molar-refractivity contribution < 1.29 is 0 Å². The summed E-state index contributed by atoms with van der Waals surface area (Å²) < 4.78 is 0. The van der Waals surface area contributed by atoms with E-state index in [1.807, 2.05) is 6.92 Å². The van der Waals surface area contributed by atoms with Crippen LogP contribution < -0.4 is 4.90 Å². The Balaban J connectivity index is 1.94. The number of hydrogen-bond donors (Lipinski definition) is 0. The van der Waals surface area contributed by atoms with E-state index in [4.69, 9.17) is 0 Å². The van der Waals surface area contributed by atoms with Crippen LogP contribution in [0.5, 0.6) is 0 Å². The van der Waals surface area contributed by atoms with E-state index in [-0.39, 0.29) is 0 Å². The zero-order chi connectivity index (χ0) is 14.1. The van der Waals surface area contributed by atoms with E-state index in [0.717, 1.165) is 39.7 Å². The number of nitrogens with zero attached hydrogens (tertiary/aromatic N) is 4. The summed E-state index contributed by atoms with van der Waals surface area (Å²) in [6, 6.07) is 2.21. The average molecular weight is 304 g/mol. The molecule has 0 aliphatic rings. The molecule has 3 aromatic rings. The summed E-state index contributed by atoms with van der Waals surface area (Å²) in [5.74, 6) is 0.983. The van der Waals surface area contributed by atoms with Crippen LogP contribution in [-0.2, 0) is 13.0 Å². The smallest absolute Gasteiger partial charge is 0.140 e. The summed E-state index contributed by atoms with van der Waals surface area (Å²) in [7, 11) is 2.06. The summed E-state index contributed by atoms with van der Waals surface area (Å²) in [6.07, 6.45) is 2.69. The number of fused-ring (bicyclic) bond motifs is 1. The maximum atomic E-state index is 4.51. The fourth-order valence-corrected chi connectivity index (χ4v) is 3.70. The molecule has 0 fully saturated rings. The maximum absolute atomic E-state index is 4.51. The van der Waals surface area contributed by atoms with Crippen molar-refractivity contribution in [3.05, 3.63) is 33.4 Å².